The summed E-state index contributed by atoms with van der Waals surface area (Å²) >= 11 is 0. The second-order valence-electron chi connectivity index (χ2n) is 14.0. The summed E-state index contributed by atoms with van der Waals surface area (Å²) in [5.41, 5.74) is 0. The molecule has 0 fully saturated rings. The Hall–Kier alpha value is -0.990. The van der Waals surface area contributed by atoms with Crippen LogP contribution in [0.3, 0.4) is 0 Å². The minimum Gasteiger partial charge on any atom is -0.756 e. The summed E-state index contributed by atoms with van der Waals surface area (Å²) in [5, 5.41) is 0. The van der Waals surface area contributed by atoms with Gasteiger partial charge in [-0.2, -0.15) is 0 Å². The van der Waals surface area contributed by atoms with E-state index in [1.54, 1.807) is 0 Å². The molecule has 9 nitrogen and oxygen atoms in total. The first kappa shape index (κ1) is 45.0. The van der Waals surface area contributed by atoms with Crippen molar-refractivity contribution in [1.29, 1.82) is 0 Å². The Morgan fingerprint density at radius 3 is 1.39 bits per heavy atom. The van der Waals surface area contributed by atoms with Crippen molar-refractivity contribution in [2.45, 2.75) is 174 Å². The molecule has 0 N–H and O–H groups in total. The Bertz CT molecular complexity index is 774. The molecule has 0 bridgehead atoms. The summed E-state index contributed by atoms with van der Waals surface area (Å²) in [4.78, 5) is 37.2. The lowest BCUT2D eigenvalue weighted by Gasteiger charge is -2.28. The van der Waals surface area contributed by atoms with E-state index in [0.717, 1.165) is 38.5 Å². The molecular weight excluding hydrogens is 605 g/mol. The van der Waals surface area contributed by atoms with Crippen molar-refractivity contribution in [3.63, 3.8) is 0 Å². The molecular formula is C36H72NO8P. The fourth-order valence-corrected chi connectivity index (χ4v) is 5.85. The number of hydrogen-bond donors (Lipinski definition) is 0. The second-order valence-corrected chi connectivity index (χ2v) is 15.4. The highest BCUT2D eigenvalue weighted by atomic mass is 31.2. The topological polar surface area (TPSA) is 111 Å². The summed E-state index contributed by atoms with van der Waals surface area (Å²) in [6.07, 6.45) is 25.6. The van der Waals surface area contributed by atoms with Crippen LogP contribution in [0.1, 0.15) is 168 Å². The number of carbonyl (C=O) groups is 2. The first-order valence-corrected chi connectivity index (χ1v) is 20.2. The normalized spacial score (nSPS) is 13.8. The summed E-state index contributed by atoms with van der Waals surface area (Å²) in [6, 6.07) is 0. The number of phosphoric ester groups is 1. The van der Waals surface area contributed by atoms with E-state index in [1.165, 1.54) is 96.3 Å². The molecule has 0 heterocycles. The third-order valence-electron chi connectivity index (χ3n) is 8.13. The maximum absolute atomic E-state index is 12.5. The van der Waals surface area contributed by atoms with Crippen LogP contribution in [-0.4, -0.2) is 70.0 Å². The molecule has 0 rings (SSSR count). The average molecular weight is 678 g/mol. The summed E-state index contributed by atoms with van der Waals surface area (Å²) in [7, 11) is 1.17. The molecule has 0 aliphatic heterocycles. The number of phosphoric acid groups is 1. The maximum Gasteiger partial charge on any atom is 0.306 e. The van der Waals surface area contributed by atoms with Gasteiger partial charge in [-0.15, -0.1) is 0 Å². The number of carbonyl (C=O) groups excluding carboxylic acids is 2. The van der Waals surface area contributed by atoms with E-state index < -0.39 is 26.5 Å². The molecule has 0 aliphatic carbocycles. The van der Waals surface area contributed by atoms with Gasteiger partial charge in [-0.1, -0.05) is 142 Å². The molecule has 0 amide bonds. The van der Waals surface area contributed by atoms with Crippen molar-refractivity contribution in [1.82, 2.24) is 0 Å². The Morgan fingerprint density at radius 2 is 0.978 bits per heavy atom. The van der Waals surface area contributed by atoms with E-state index in [1.807, 2.05) is 21.1 Å². The SMILES string of the molecule is CCCCCCCCCCCCCCCC(=O)OC[C@H](COP(=O)([O-])OCC[N+](C)(C)C)OC(=O)CCCCCCCCCCC. The third kappa shape index (κ3) is 32.9. The van der Waals surface area contributed by atoms with Crippen LogP contribution in [0.4, 0.5) is 0 Å². The summed E-state index contributed by atoms with van der Waals surface area (Å²) < 4.78 is 33.7. The smallest absolute Gasteiger partial charge is 0.306 e. The van der Waals surface area contributed by atoms with Crippen LogP contribution in [0.5, 0.6) is 0 Å². The van der Waals surface area contributed by atoms with E-state index in [-0.39, 0.29) is 32.0 Å². The van der Waals surface area contributed by atoms with Crippen molar-refractivity contribution in [2.75, 3.05) is 47.5 Å². The van der Waals surface area contributed by atoms with Crippen LogP contribution >= 0.6 is 7.82 Å². The van der Waals surface area contributed by atoms with Gasteiger partial charge in [-0.3, -0.25) is 14.2 Å². The zero-order valence-electron chi connectivity index (χ0n) is 30.5. The molecule has 274 valence electrons. The molecule has 0 saturated carbocycles. The number of quaternary nitrogens is 1. The molecule has 46 heavy (non-hydrogen) atoms. The number of likely N-dealkylation sites (N-methyl/N-ethyl adjacent to an activating group) is 1. The van der Waals surface area contributed by atoms with Gasteiger partial charge in [-0.25, -0.2) is 0 Å². The molecule has 0 aromatic heterocycles. The standard InChI is InChI=1S/C36H72NO8P/c1-6-8-10-12-14-16-17-18-19-21-22-24-26-28-35(38)42-32-34(33-44-46(40,41)43-31-30-37(3,4)5)45-36(39)29-27-25-23-20-15-13-11-9-7-2/h34H,6-33H2,1-5H3/t34-/m1/s1. The molecule has 0 aliphatic rings. The Labute approximate surface area is 283 Å². The second kappa shape index (κ2) is 30.1. The van der Waals surface area contributed by atoms with Gasteiger partial charge in [0.1, 0.15) is 19.8 Å². The number of rotatable bonds is 34. The molecule has 10 heteroatoms. The summed E-state index contributed by atoms with van der Waals surface area (Å²) in [5.74, 6) is -0.830. The lowest BCUT2D eigenvalue weighted by molar-refractivity contribution is -0.870. The molecule has 2 atom stereocenters. The predicted molar refractivity (Wildman–Crippen MR) is 185 cm³/mol. The minimum absolute atomic E-state index is 0.0263. The number of esters is 2. The van der Waals surface area contributed by atoms with Gasteiger partial charge in [-0.05, 0) is 12.8 Å². The fourth-order valence-electron chi connectivity index (χ4n) is 5.12. The molecule has 0 radical (unpaired) electrons. The zero-order valence-corrected chi connectivity index (χ0v) is 31.4. The van der Waals surface area contributed by atoms with Crippen LogP contribution in [-0.2, 0) is 32.7 Å². The average Bonchev–Trinajstić information content (AvgIpc) is 2.99. The van der Waals surface area contributed by atoms with Crippen LogP contribution in [0, 0.1) is 0 Å². The molecule has 0 saturated heterocycles. The number of unbranched alkanes of at least 4 members (excludes halogenated alkanes) is 20. The number of ether oxygens (including phenoxy) is 2. The first-order valence-electron chi connectivity index (χ1n) is 18.7. The lowest BCUT2D eigenvalue weighted by atomic mass is 10.0. The molecule has 0 aromatic carbocycles. The van der Waals surface area contributed by atoms with Gasteiger partial charge in [0.05, 0.1) is 27.7 Å². The number of hydrogen-bond acceptors (Lipinski definition) is 8. The Kier molecular flexibility index (Phi) is 29.4. The van der Waals surface area contributed by atoms with Gasteiger partial charge < -0.3 is 27.9 Å². The van der Waals surface area contributed by atoms with Crippen LogP contribution < -0.4 is 4.89 Å². The van der Waals surface area contributed by atoms with Gasteiger partial charge in [0, 0.05) is 12.8 Å². The first-order chi connectivity index (χ1) is 22.0. The van der Waals surface area contributed by atoms with Gasteiger partial charge in [0.15, 0.2) is 6.10 Å². The van der Waals surface area contributed by atoms with Crippen molar-refractivity contribution in [3.05, 3.63) is 0 Å². The van der Waals surface area contributed by atoms with Crippen molar-refractivity contribution in [3.8, 4) is 0 Å². The third-order valence-corrected chi connectivity index (χ3v) is 9.09. The zero-order chi connectivity index (χ0) is 34.4. The Balaban J connectivity index is 4.40. The fraction of sp³-hybridized carbons (Fsp3) is 0.944. The minimum atomic E-state index is -4.60. The van der Waals surface area contributed by atoms with Crippen LogP contribution in [0.2, 0.25) is 0 Å². The monoisotopic (exact) mass is 677 g/mol. The highest BCUT2D eigenvalue weighted by molar-refractivity contribution is 7.45. The van der Waals surface area contributed by atoms with Crippen molar-refractivity contribution in [2.24, 2.45) is 0 Å². The van der Waals surface area contributed by atoms with Crippen molar-refractivity contribution >= 4 is 19.8 Å². The largest absolute Gasteiger partial charge is 0.756 e. The lowest BCUT2D eigenvalue weighted by Crippen LogP contribution is -2.37. The van der Waals surface area contributed by atoms with E-state index in [4.69, 9.17) is 18.5 Å². The molecule has 1 unspecified atom stereocenters. The summed E-state index contributed by atoms with van der Waals surface area (Å²) in [6.45, 7) is 4.20. The van der Waals surface area contributed by atoms with Gasteiger partial charge in [0.2, 0.25) is 0 Å². The predicted octanol–water partition coefficient (Wildman–Crippen LogP) is 9.05. The van der Waals surface area contributed by atoms with Crippen LogP contribution in [0.15, 0.2) is 0 Å². The van der Waals surface area contributed by atoms with Crippen molar-refractivity contribution < 1.29 is 42.1 Å². The highest BCUT2D eigenvalue weighted by Gasteiger charge is 2.21. The van der Waals surface area contributed by atoms with Gasteiger partial charge >= 0.3 is 11.9 Å². The van der Waals surface area contributed by atoms with E-state index >= 15 is 0 Å². The Morgan fingerprint density at radius 1 is 0.587 bits per heavy atom. The van der Waals surface area contributed by atoms with E-state index in [0.29, 0.717) is 17.4 Å². The quantitative estimate of drug-likeness (QED) is 0.0287. The van der Waals surface area contributed by atoms with Crippen LogP contribution in [0.25, 0.3) is 0 Å². The highest BCUT2D eigenvalue weighted by Crippen LogP contribution is 2.38. The maximum atomic E-state index is 12.5. The molecule has 0 aromatic rings. The van der Waals surface area contributed by atoms with E-state index in [2.05, 4.69) is 13.8 Å². The van der Waals surface area contributed by atoms with Gasteiger partial charge in [0.25, 0.3) is 7.82 Å². The number of nitrogens with zero attached hydrogens (tertiary/aromatic N) is 1. The van der Waals surface area contributed by atoms with E-state index in [9.17, 15) is 19.0 Å². The molecule has 0 spiro atoms.